The Morgan fingerprint density at radius 1 is 1.78 bits per heavy atom. The van der Waals surface area contributed by atoms with Crippen LogP contribution in [-0.2, 0) is 5.88 Å². The lowest BCUT2D eigenvalue weighted by atomic mass is 10.4. The molecule has 48 valence electrons. The maximum atomic E-state index is 10.6. The van der Waals surface area contributed by atoms with E-state index in [1.807, 2.05) is 0 Å². The zero-order valence-electron chi connectivity index (χ0n) is 4.62. The van der Waals surface area contributed by atoms with E-state index in [0.29, 0.717) is 10.5 Å². The Labute approximate surface area is 57.5 Å². The fourth-order valence-electron chi connectivity index (χ4n) is 0.487. The van der Waals surface area contributed by atoms with E-state index in [1.165, 1.54) is 6.20 Å². The van der Waals surface area contributed by atoms with Gasteiger partial charge in [0.15, 0.2) is 0 Å². The van der Waals surface area contributed by atoms with Gasteiger partial charge in [-0.2, -0.15) is 0 Å². The normalized spacial score (nSPS) is 9.44. The zero-order chi connectivity index (χ0) is 6.69. The van der Waals surface area contributed by atoms with Crippen molar-refractivity contribution in [2.75, 3.05) is 0 Å². The van der Waals surface area contributed by atoms with E-state index in [9.17, 15) is 5.21 Å². The van der Waals surface area contributed by atoms with Crippen LogP contribution in [0.4, 0.5) is 0 Å². The van der Waals surface area contributed by atoms with Crippen molar-refractivity contribution in [1.29, 1.82) is 0 Å². The molecule has 0 spiro atoms. The second-order valence-corrected chi connectivity index (χ2v) is 1.79. The first kappa shape index (κ1) is 6.29. The number of nitrogens with zero attached hydrogens (tertiary/aromatic N) is 2. The van der Waals surface area contributed by atoms with Gasteiger partial charge < -0.3 is 5.21 Å². The first-order valence-corrected chi connectivity index (χ1v) is 2.98. The van der Waals surface area contributed by atoms with Gasteiger partial charge in [-0.05, 0) is 6.07 Å². The van der Waals surface area contributed by atoms with Crippen molar-refractivity contribution < 1.29 is 4.85 Å². The van der Waals surface area contributed by atoms with Crippen LogP contribution in [0.25, 0.3) is 0 Å². The average Bonchev–Trinajstić information content (AvgIpc) is 1.89. The van der Waals surface area contributed by atoms with Crippen LogP contribution in [0.2, 0.25) is 0 Å². The standard InChI is InChI=1S/C5H5ClN2O/c6-4-5-2-1-3-7-8(5)9/h1-3H,4H2. The summed E-state index contributed by atoms with van der Waals surface area (Å²) in [6.45, 7) is 0. The minimum absolute atomic E-state index is 0.206. The van der Waals surface area contributed by atoms with Gasteiger partial charge in [0.2, 0.25) is 5.69 Å². The molecule has 4 heteroatoms. The van der Waals surface area contributed by atoms with Crippen molar-refractivity contribution in [3.63, 3.8) is 0 Å². The Hall–Kier alpha value is -0.830. The highest BCUT2D eigenvalue weighted by molar-refractivity contribution is 6.16. The van der Waals surface area contributed by atoms with Gasteiger partial charge in [-0.3, -0.25) is 0 Å². The lowest BCUT2D eigenvalue weighted by Gasteiger charge is -1.94. The van der Waals surface area contributed by atoms with Gasteiger partial charge in [0.1, 0.15) is 5.88 Å². The van der Waals surface area contributed by atoms with E-state index < -0.39 is 0 Å². The molecule has 0 fully saturated rings. The molecular weight excluding hydrogens is 140 g/mol. The third kappa shape index (κ3) is 1.29. The van der Waals surface area contributed by atoms with Crippen LogP contribution in [0.15, 0.2) is 18.3 Å². The molecular formula is C5H5ClN2O. The van der Waals surface area contributed by atoms with Crippen molar-refractivity contribution in [2.45, 2.75) is 5.88 Å². The number of aromatic nitrogens is 2. The van der Waals surface area contributed by atoms with E-state index in [1.54, 1.807) is 12.1 Å². The van der Waals surface area contributed by atoms with E-state index >= 15 is 0 Å². The molecule has 0 unspecified atom stereocenters. The molecule has 1 aromatic heterocycles. The second-order valence-electron chi connectivity index (χ2n) is 1.52. The molecule has 0 N–H and O–H groups in total. The van der Waals surface area contributed by atoms with E-state index in [4.69, 9.17) is 11.6 Å². The van der Waals surface area contributed by atoms with Crippen molar-refractivity contribution >= 4 is 11.6 Å². The largest absolute Gasteiger partial charge is 0.594 e. The third-order valence-electron chi connectivity index (χ3n) is 0.929. The van der Waals surface area contributed by atoms with Crippen LogP contribution in [-0.4, -0.2) is 5.10 Å². The van der Waals surface area contributed by atoms with Gasteiger partial charge in [-0.25, -0.2) is 0 Å². The van der Waals surface area contributed by atoms with Gasteiger partial charge in [0.05, 0.1) is 6.20 Å². The fraction of sp³-hybridized carbons (Fsp3) is 0.200. The minimum atomic E-state index is 0.206. The van der Waals surface area contributed by atoms with Crippen LogP contribution in [0, 0.1) is 5.21 Å². The lowest BCUT2D eigenvalue weighted by molar-refractivity contribution is -0.675. The summed E-state index contributed by atoms with van der Waals surface area (Å²) < 4.78 is 0. The molecule has 0 amide bonds. The Kier molecular flexibility index (Phi) is 1.85. The Morgan fingerprint density at radius 3 is 3.00 bits per heavy atom. The number of hydrogen-bond acceptors (Lipinski definition) is 2. The van der Waals surface area contributed by atoms with Gasteiger partial charge in [-0.15, -0.1) is 11.6 Å². The average molecular weight is 145 g/mol. The molecule has 0 saturated heterocycles. The molecule has 9 heavy (non-hydrogen) atoms. The Balaban J connectivity index is 3.01. The quantitative estimate of drug-likeness (QED) is 0.326. The molecule has 0 aromatic carbocycles. The SMILES string of the molecule is [O-][n+]1ncccc1CCl. The molecule has 0 aliphatic heterocycles. The van der Waals surface area contributed by atoms with Crippen LogP contribution in [0.3, 0.4) is 0 Å². The molecule has 0 aliphatic carbocycles. The summed E-state index contributed by atoms with van der Waals surface area (Å²) in [5.41, 5.74) is 0.471. The Morgan fingerprint density at radius 2 is 2.56 bits per heavy atom. The lowest BCUT2D eigenvalue weighted by Crippen LogP contribution is -2.34. The molecule has 0 saturated carbocycles. The summed E-state index contributed by atoms with van der Waals surface area (Å²) in [6, 6.07) is 3.30. The van der Waals surface area contributed by atoms with Crippen LogP contribution in [0.5, 0.6) is 0 Å². The molecule has 0 aliphatic rings. The summed E-state index contributed by atoms with van der Waals surface area (Å²) in [7, 11) is 0. The highest BCUT2D eigenvalue weighted by atomic mass is 35.5. The first-order valence-electron chi connectivity index (χ1n) is 2.44. The summed E-state index contributed by atoms with van der Waals surface area (Å²) in [4.78, 5) is 0.507. The minimum Gasteiger partial charge on any atom is -0.594 e. The predicted octanol–water partition coefficient (Wildman–Crippen LogP) is 0.454. The molecule has 1 heterocycles. The highest BCUT2D eigenvalue weighted by Crippen LogP contribution is 1.92. The van der Waals surface area contributed by atoms with Crippen molar-refractivity contribution in [1.82, 2.24) is 5.10 Å². The van der Waals surface area contributed by atoms with E-state index in [0.717, 1.165) is 0 Å². The Bertz CT molecular complexity index is 204. The van der Waals surface area contributed by atoms with Crippen LogP contribution >= 0.6 is 11.6 Å². The maximum Gasteiger partial charge on any atom is 0.236 e. The smallest absolute Gasteiger partial charge is 0.236 e. The van der Waals surface area contributed by atoms with E-state index in [2.05, 4.69) is 5.10 Å². The van der Waals surface area contributed by atoms with Gasteiger partial charge in [0.25, 0.3) is 0 Å². The van der Waals surface area contributed by atoms with Crippen molar-refractivity contribution in [3.05, 3.63) is 29.2 Å². The van der Waals surface area contributed by atoms with E-state index in [-0.39, 0.29) is 5.88 Å². The third-order valence-corrected chi connectivity index (χ3v) is 1.20. The topological polar surface area (TPSA) is 39.8 Å². The maximum absolute atomic E-state index is 10.6. The summed E-state index contributed by atoms with van der Waals surface area (Å²) in [6.07, 6.45) is 1.42. The highest BCUT2D eigenvalue weighted by Gasteiger charge is 1.99. The van der Waals surface area contributed by atoms with Crippen LogP contribution < -0.4 is 4.85 Å². The zero-order valence-corrected chi connectivity index (χ0v) is 5.38. The first-order chi connectivity index (χ1) is 4.34. The van der Waals surface area contributed by atoms with Gasteiger partial charge in [0, 0.05) is 11.2 Å². The molecule has 0 atom stereocenters. The number of hydrogen-bond donors (Lipinski definition) is 0. The number of rotatable bonds is 1. The van der Waals surface area contributed by atoms with Crippen LogP contribution in [0.1, 0.15) is 5.69 Å². The molecule has 0 radical (unpaired) electrons. The second kappa shape index (κ2) is 2.64. The molecule has 1 rings (SSSR count). The monoisotopic (exact) mass is 144 g/mol. The van der Waals surface area contributed by atoms with Gasteiger partial charge in [-0.1, -0.05) is 4.85 Å². The van der Waals surface area contributed by atoms with Crippen molar-refractivity contribution in [2.24, 2.45) is 0 Å². The molecule has 1 aromatic rings. The molecule has 0 bridgehead atoms. The summed E-state index contributed by atoms with van der Waals surface area (Å²) in [5.74, 6) is 0.206. The predicted molar refractivity (Wildman–Crippen MR) is 32.8 cm³/mol. The summed E-state index contributed by atoms with van der Waals surface area (Å²) in [5, 5.41) is 14.0. The van der Waals surface area contributed by atoms with Gasteiger partial charge >= 0.3 is 0 Å². The number of alkyl halides is 1. The molecule has 3 nitrogen and oxygen atoms in total. The van der Waals surface area contributed by atoms with Crippen molar-refractivity contribution in [3.8, 4) is 0 Å². The number of halogens is 1. The fourth-order valence-corrected chi connectivity index (χ4v) is 0.678. The summed E-state index contributed by atoms with van der Waals surface area (Å²) >= 11 is 5.37.